The minimum absolute atomic E-state index is 0.0459. The largest absolute Gasteiger partial charge is 0.311 e. The molecule has 0 spiro atoms. The number of aromatic nitrogens is 3. The number of benzene rings is 3. The van der Waals surface area contributed by atoms with E-state index < -0.39 is 5.91 Å². The maximum atomic E-state index is 12.6. The first-order valence-corrected chi connectivity index (χ1v) is 9.85. The van der Waals surface area contributed by atoms with Crippen LogP contribution in [0.2, 0.25) is 0 Å². The Morgan fingerprint density at radius 3 is 2.19 bits per heavy atom. The summed E-state index contributed by atoms with van der Waals surface area (Å²) in [7, 11) is 0. The first kappa shape index (κ1) is 20.0. The molecule has 4 aromatic rings. The van der Waals surface area contributed by atoms with Gasteiger partial charge < -0.3 is 0 Å². The van der Waals surface area contributed by atoms with Gasteiger partial charge in [0.15, 0.2) is 5.82 Å². The molecular weight excluding hydrogens is 386 g/mol. The van der Waals surface area contributed by atoms with Crippen molar-refractivity contribution >= 4 is 18.2 Å². The Labute approximate surface area is 180 Å². The fourth-order valence-electron chi connectivity index (χ4n) is 3.02. The topological polar surface area (TPSA) is 72.2 Å². The first-order valence-electron chi connectivity index (χ1n) is 9.85. The van der Waals surface area contributed by atoms with Crippen molar-refractivity contribution < 1.29 is 4.79 Å². The molecule has 31 heavy (non-hydrogen) atoms. The maximum Gasteiger partial charge on any atom is 0.311 e. The molecule has 0 aliphatic carbocycles. The lowest BCUT2D eigenvalue weighted by Crippen LogP contribution is -2.19. The molecule has 0 saturated carbocycles. The summed E-state index contributed by atoms with van der Waals surface area (Å²) in [4.78, 5) is 17.1. The Bertz CT molecular complexity index is 1160. The van der Waals surface area contributed by atoms with E-state index in [1.54, 1.807) is 10.9 Å². The van der Waals surface area contributed by atoms with E-state index in [4.69, 9.17) is 0 Å². The monoisotopic (exact) mass is 407 g/mol. The molecule has 6 nitrogen and oxygen atoms in total. The zero-order chi connectivity index (χ0) is 21.5. The Morgan fingerprint density at radius 2 is 1.52 bits per heavy atom. The zero-order valence-electron chi connectivity index (χ0n) is 17.0. The second-order valence-electron chi connectivity index (χ2n) is 6.87. The molecular formula is C25H21N5O. The number of hydrogen-bond acceptors (Lipinski definition) is 4. The lowest BCUT2D eigenvalue weighted by atomic mass is 10.1. The van der Waals surface area contributed by atoms with Gasteiger partial charge in [-0.05, 0) is 30.2 Å². The van der Waals surface area contributed by atoms with Gasteiger partial charge in [0.25, 0.3) is 0 Å². The number of carbonyl (C=O) groups is 1. The SMILES string of the molecule is CC(C=NNC(=O)c1nc(-c2ccccc2)n(-c2ccccc2)n1)=Cc1ccccc1. The van der Waals surface area contributed by atoms with Gasteiger partial charge >= 0.3 is 5.91 Å². The van der Waals surface area contributed by atoms with Gasteiger partial charge in [-0.25, -0.2) is 15.1 Å². The van der Waals surface area contributed by atoms with Crippen LogP contribution in [0.1, 0.15) is 23.1 Å². The van der Waals surface area contributed by atoms with E-state index in [1.807, 2.05) is 104 Å². The molecule has 1 aromatic heterocycles. The highest BCUT2D eigenvalue weighted by Crippen LogP contribution is 2.20. The summed E-state index contributed by atoms with van der Waals surface area (Å²) in [5, 5.41) is 8.47. The van der Waals surface area contributed by atoms with Crippen LogP contribution in [0.4, 0.5) is 0 Å². The number of hydrogen-bond donors (Lipinski definition) is 1. The van der Waals surface area contributed by atoms with Crippen LogP contribution < -0.4 is 5.43 Å². The predicted molar refractivity (Wildman–Crippen MR) is 123 cm³/mol. The van der Waals surface area contributed by atoms with Gasteiger partial charge in [-0.1, -0.05) is 84.9 Å². The van der Waals surface area contributed by atoms with Crippen molar-refractivity contribution in [3.63, 3.8) is 0 Å². The molecule has 1 amide bonds. The van der Waals surface area contributed by atoms with Gasteiger partial charge in [-0.3, -0.25) is 4.79 Å². The molecule has 0 radical (unpaired) electrons. The van der Waals surface area contributed by atoms with Crippen LogP contribution in [0, 0.1) is 0 Å². The molecule has 0 fully saturated rings. The number of para-hydroxylation sites is 1. The molecule has 0 unspecified atom stereocenters. The highest BCUT2D eigenvalue weighted by Gasteiger charge is 2.18. The molecule has 4 rings (SSSR count). The summed E-state index contributed by atoms with van der Waals surface area (Å²) in [6, 6.07) is 29.1. The van der Waals surface area contributed by atoms with E-state index in [9.17, 15) is 4.79 Å². The van der Waals surface area contributed by atoms with Crippen LogP contribution in [0.25, 0.3) is 23.2 Å². The van der Waals surface area contributed by atoms with Crippen molar-refractivity contribution in [2.75, 3.05) is 0 Å². The summed E-state index contributed by atoms with van der Waals surface area (Å²) >= 11 is 0. The Balaban J connectivity index is 1.56. The molecule has 0 aliphatic heterocycles. The fraction of sp³-hybridized carbons (Fsp3) is 0.0400. The smallest absolute Gasteiger partial charge is 0.264 e. The van der Waals surface area contributed by atoms with Crippen molar-refractivity contribution in [2.24, 2.45) is 5.10 Å². The molecule has 0 atom stereocenters. The molecule has 3 aromatic carbocycles. The molecule has 6 heteroatoms. The number of amides is 1. The Kier molecular flexibility index (Phi) is 6.09. The molecule has 0 saturated heterocycles. The van der Waals surface area contributed by atoms with Gasteiger partial charge in [0.2, 0.25) is 5.82 Å². The van der Waals surface area contributed by atoms with E-state index in [0.717, 1.165) is 22.4 Å². The third kappa shape index (κ3) is 5.00. The molecule has 1 N–H and O–H groups in total. The van der Waals surface area contributed by atoms with E-state index >= 15 is 0 Å². The Morgan fingerprint density at radius 1 is 0.903 bits per heavy atom. The fourth-order valence-corrected chi connectivity index (χ4v) is 3.02. The van der Waals surface area contributed by atoms with E-state index in [0.29, 0.717) is 5.82 Å². The van der Waals surface area contributed by atoms with Crippen molar-refractivity contribution in [2.45, 2.75) is 6.92 Å². The minimum atomic E-state index is -0.476. The summed E-state index contributed by atoms with van der Waals surface area (Å²) in [5.74, 6) is 0.154. The van der Waals surface area contributed by atoms with Crippen LogP contribution in [-0.2, 0) is 0 Å². The quantitative estimate of drug-likeness (QED) is 0.370. The van der Waals surface area contributed by atoms with Crippen molar-refractivity contribution in [3.8, 4) is 17.1 Å². The van der Waals surface area contributed by atoms with Crippen LogP contribution in [0.15, 0.2) is 102 Å². The van der Waals surface area contributed by atoms with Gasteiger partial charge in [0.05, 0.1) is 11.9 Å². The highest BCUT2D eigenvalue weighted by atomic mass is 16.2. The number of allylic oxidation sites excluding steroid dienone is 1. The van der Waals surface area contributed by atoms with Crippen molar-refractivity contribution in [1.82, 2.24) is 20.2 Å². The van der Waals surface area contributed by atoms with Crippen LogP contribution in [-0.4, -0.2) is 26.9 Å². The third-order valence-corrected chi connectivity index (χ3v) is 4.47. The summed E-state index contributed by atoms with van der Waals surface area (Å²) in [6.45, 7) is 1.92. The second kappa shape index (κ2) is 9.45. The summed E-state index contributed by atoms with van der Waals surface area (Å²) in [5.41, 5.74) is 6.16. The number of carbonyl (C=O) groups excluding carboxylic acids is 1. The third-order valence-electron chi connectivity index (χ3n) is 4.47. The Hall–Kier alpha value is -4.32. The van der Waals surface area contributed by atoms with Crippen molar-refractivity contribution in [1.29, 1.82) is 0 Å². The molecule has 152 valence electrons. The van der Waals surface area contributed by atoms with Gasteiger partial charge in [0, 0.05) is 5.56 Å². The number of nitrogens with one attached hydrogen (secondary N) is 1. The van der Waals surface area contributed by atoms with Crippen LogP contribution >= 0.6 is 0 Å². The maximum absolute atomic E-state index is 12.6. The normalized spacial score (nSPS) is 11.6. The molecule has 0 aliphatic rings. The highest BCUT2D eigenvalue weighted by molar-refractivity contribution is 5.92. The van der Waals surface area contributed by atoms with Gasteiger partial charge in [-0.2, -0.15) is 5.10 Å². The summed E-state index contributed by atoms with van der Waals surface area (Å²) in [6.07, 6.45) is 3.57. The lowest BCUT2D eigenvalue weighted by molar-refractivity contribution is 0.0945. The summed E-state index contributed by atoms with van der Waals surface area (Å²) < 4.78 is 1.66. The number of nitrogens with zero attached hydrogens (tertiary/aromatic N) is 4. The van der Waals surface area contributed by atoms with E-state index in [1.165, 1.54) is 0 Å². The average molecular weight is 407 g/mol. The molecule has 1 heterocycles. The van der Waals surface area contributed by atoms with E-state index in [-0.39, 0.29) is 5.82 Å². The minimum Gasteiger partial charge on any atom is -0.264 e. The van der Waals surface area contributed by atoms with Crippen LogP contribution in [0.3, 0.4) is 0 Å². The number of rotatable bonds is 6. The zero-order valence-corrected chi connectivity index (χ0v) is 17.0. The standard InChI is InChI=1S/C25H21N5O/c1-19(17-20-11-5-2-6-12-20)18-26-28-25(31)23-27-24(21-13-7-3-8-14-21)30(29-23)22-15-9-4-10-16-22/h2-18H,1H3,(H,28,31). The first-order chi connectivity index (χ1) is 15.2. The van der Waals surface area contributed by atoms with Gasteiger partial charge in [-0.15, -0.1) is 5.10 Å². The second-order valence-corrected chi connectivity index (χ2v) is 6.87. The van der Waals surface area contributed by atoms with Crippen molar-refractivity contribution in [3.05, 3.63) is 108 Å². The average Bonchev–Trinajstić information content (AvgIpc) is 3.27. The van der Waals surface area contributed by atoms with Gasteiger partial charge in [0.1, 0.15) is 0 Å². The van der Waals surface area contributed by atoms with Crippen LogP contribution in [0.5, 0.6) is 0 Å². The number of hydrazone groups is 1. The van der Waals surface area contributed by atoms with E-state index in [2.05, 4.69) is 20.6 Å². The lowest BCUT2D eigenvalue weighted by Gasteiger charge is -2.05. The molecule has 0 bridgehead atoms. The predicted octanol–water partition coefficient (Wildman–Crippen LogP) is 4.75.